The predicted molar refractivity (Wildman–Crippen MR) is 60.8 cm³/mol. The van der Waals surface area contributed by atoms with E-state index in [2.05, 4.69) is 10.6 Å². The molecule has 2 N–H and O–H groups in total. The van der Waals surface area contributed by atoms with Gasteiger partial charge in [-0.1, -0.05) is 13.3 Å². The largest absolute Gasteiger partial charge is 0.359 e. The van der Waals surface area contributed by atoms with Crippen LogP contribution in [-0.2, 0) is 14.4 Å². The topological polar surface area (TPSA) is 75.3 Å². The number of Topliss-reactive ketones (excluding diaryl/α,β-unsaturated/α-hetero) is 1. The number of nitrogens with one attached hydrogen (secondary N) is 2. The zero-order valence-corrected chi connectivity index (χ0v) is 9.75. The summed E-state index contributed by atoms with van der Waals surface area (Å²) in [5, 5.41) is 5.13. The smallest absolute Gasteiger partial charge is 0.220 e. The van der Waals surface area contributed by atoms with Crippen molar-refractivity contribution in [3.8, 4) is 0 Å². The van der Waals surface area contributed by atoms with E-state index in [-0.39, 0.29) is 18.2 Å². The van der Waals surface area contributed by atoms with Gasteiger partial charge in [0.15, 0.2) is 5.78 Å². The Morgan fingerprint density at radius 2 is 1.94 bits per heavy atom. The van der Waals surface area contributed by atoms with Gasteiger partial charge in [-0.15, -0.1) is 0 Å². The Labute approximate surface area is 96.0 Å². The molecule has 0 unspecified atom stereocenters. The van der Waals surface area contributed by atoms with Gasteiger partial charge in [0.25, 0.3) is 0 Å². The molecule has 0 saturated heterocycles. The van der Waals surface area contributed by atoms with E-state index in [1.165, 1.54) is 0 Å². The van der Waals surface area contributed by atoms with Gasteiger partial charge in [0.05, 0.1) is 6.54 Å². The molecule has 0 fully saturated rings. The minimum Gasteiger partial charge on any atom is -0.359 e. The average Bonchev–Trinajstić information content (AvgIpc) is 2.30. The summed E-state index contributed by atoms with van der Waals surface area (Å²) in [6.45, 7) is 2.57. The lowest BCUT2D eigenvalue weighted by atomic mass is 10.2. The van der Waals surface area contributed by atoms with Gasteiger partial charge in [0, 0.05) is 19.4 Å². The van der Waals surface area contributed by atoms with Gasteiger partial charge in [-0.2, -0.15) is 0 Å². The van der Waals surface area contributed by atoms with Gasteiger partial charge in [0.2, 0.25) is 12.3 Å². The molecule has 0 atom stereocenters. The van der Waals surface area contributed by atoms with Crippen LogP contribution in [0.4, 0.5) is 0 Å². The Morgan fingerprint density at radius 1 is 1.19 bits per heavy atom. The molecular formula is C11H20N2O3. The standard InChI is InChI=1S/C11H20N2O3/c1-2-10(15)8-13-11(16)6-4-3-5-7-12-9-14/h9H,2-8H2,1H3,(H,12,14)(H,13,16). The van der Waals surface area contributed by atoms with E-state index in [0.29, 0.717) is 25.8 Å². The van der Waals surface area contributed by atoms with Crippen LogP contribution in [0.15, 0.2) is 0 Å². The molecule has 92 valence electrons. The number of hydrogen-bond acceptors (Lipinski definition) is 3. The highest BCUT2D eigenvalue weighted by Crippen LogP contribution is 1.98. The van der Waals surface area contributed by atoms with E-state index in [9.17, 15) is 14.4 Å². The molecule has 0 bridgehead atoms. The summed E-state index contributed by atoms with van der Waals surface area (Å²) in [5.74, 6) is -0.0336. The zero-order valence-electron chi connectivity index (χ0n) is 9.75. The van der Waals surface area contributed by atoms with Crippen LogP contribution >= 0.6 is 0 Å². The second kappa shape index (κ2) is 10.1. The molecule has 0 aromatic heterocycles. The molecule has 0 heterocycles. The molecule has 2 amide bonds. The molecule has 0 spiro atoms. The fourth-order valence-corrected chi connectivity index (χ4v) is 1.16. The van der Waals surface area contributed by atoms with Crippen molar-refractivity contribution < 1.29 is 14.4 Å². The first-order valence-electron chi connectivity index (χ1n) is 5.66. The molecule has 0 aromatic rings. The minimum atomic E-state index is -0.0786. The van der Waals surface area contributed by atoms with Crippen LogP contribution < -0.4 is 10.6 Å². The number of unbranched alkanes of at least 4 members (excludes halogenated alkanes) is 2. The van der Waals surface area contributed by atoms with Crippen molar-refractivity contribution in [3.63, 3.8) is 0 Å². The van der Waals surface area contributed by atoms with Crippen LogP contribution in [0.5, 0.6) is 0 Å². The molecule has 0 radical (unpaired) electrons. The maximum absolute atomic E-state index is 11.2. The Hall–Kier alpha value is -1.39. The van der Waals surface area contributed by atoms with Gasteiger partial charge >= 0.3 is 0 Å². The molecule has 0 aliphatic carbocycles. The summed E-state index contributed by atoms with van der Waals surface area (Å²) in [4.78, 5) is 32.0. The Morgan fingerprint density at radius 3 is 2.56 bits per heavy atom. The SMILES string of the molecule is CCC(=O)CNC(=O)CCCCCNC=O. The van der Waals surface area contributed by atoms with Crippen molar-refractivity contribution in [2.75, 3.05) is 13.1 Å². The van der Waals surface area contributed by atoms with E-state index in [1.54, 1.807) is 6.92 Å². The van der Waals surface area contributed by atoms with Crippen LogP contribution in [0.3, 0.4) is 0 Å². The third-order valence-electron chi connectivity index (χ3n) is 2.19. The van der Waals surface area contributed by atoms with Gasteiger partial charge in [0.1, 0.15) is 0 Å². The lowest BCUT2D eigenvalue weighted by Crippen LogP contribution is -2.28. The fourth-order valence-electron chi connectivity index (χ4n) is 1.16. The van der Waals surface area contributed by atoms with Crippen molar-refractivity contribution >= 4 is 18.1 Å². The van der Waals surface area contributed by atoms with E-state index >= 15 is 0 Å². The number of amides is 2. The number of carbonyl (C=O) groups is 3. The van der Waals surface area contributed by atoms with Crippen molar-refractivity contribution in [2.24, 2.45) is 0 Å². The van der Waals surface area contributed by atoms with E-state index < -0.39 is 0 Å². The molecule has 0 aliphatic heterocycles. The summed E-state index contributed by atoms with van der Waals surface area (Å²) in [6, 6.07) is 0. The van der Waals surface area contributed by atoms with Gasteiger partial charge in [-0.05, 0) is 12.8 Å². The van der Waals surface area contributed by atoms with Crippen LogP contribution in [0.2, 0.25) is 0 Å². The molecule has 5 heteroatoms. The molecule has 0 saturated carbocycles. The van der Waals surface area contributed by atoms with Crippen molar-refractivity contribution in [2.45, 2.75) is 39.0 Å². The lowest BCUT2D eigenvalue weighted by Gasteiger charge is -2.03. The normalized spacial score (nSPS) is 9.56. The summed E-state index contributed by atoms with van der Waals surface area (Å²) in [5.41, 5.74) is 0. The maximum atomic E-state index is 11.2. The van der Waals surface area contributed by atoms with Crippen LogP contribution in [0.1, 0.15) is 39.0 Å². The van der Waals surface area contributed by atoms with Crippen LogP contribution in [0, 0.1) is 0 Å². The highest BCUT2D eigenvalue weighted by Gasteiger charge is 2.03. The molecule has 16 heavy (non-hydrogen) atoms. The number of hydrogen-bond donors (Lipinski definition) is 2. The summed E-state index contributed by atoms with van der Waals surface area (Å²) >= 11 is 0. The first kappa shape index (κ1) is 14.6. The average molecular weight is 228 g/mol. The second-order valence-electron chi connectivity index (χ2n) is 3.55. The number of ketones is 1. The lowest BCUT2D eigenvalue weighted by molar-refractivity contribution is -0.125. The summed E-state index contributed by atoms with van der Waals surface area (Å²) in [6.07, 6.45) is 4.13. The highest BCUT2D eigenvalue weighted by molar-refractivity contribution is 5.85. The third-order valence-corrected chi connectivity index (χ3v) is 2.19. The first-order valence-corrected chi connectivity index (χ1v) is 5.66. The van der Waals surface area contributed by atoms with Crippen molar-refractivity contribution in [1.29, 1.82) is 0 Å². The number of rotatable bonds is 10. The minimum absolute atomic E-state index is 0.0449. The van der Waals surface area contributed by atoms with Crippen LogP contribution in [-0.4, -0.2) is 31.2 Å². The molecule has 0 aromatic carbocycles. The van der Waals surface area contributed by atoms with E-state index in [4.69, 9.17) is 0 Å². The van der Waals surface area contributed by atoms with Crippen molar-refractivity contribution in [1.82, 2.24) is 10.6 Å². The van der Waals surface area contributed by atoms with Crippen LogP contribution in [0.25, 0.3) is 0 Å². The molecule has 0 aliphatic rings. The monoisotopic (exact) mass is 228 g/mol. The molecule has 5 nitrogen and oxygen atoms in total. The zero-order chi connectivity index (χ0) is 12.2. The quantitative estimate of drug-likeness (QED) is 0.419. The number of carbonyl (C=O) groups excluding carboxylic acids is 3. The van der Waals surface area contributed by atoms with E-state index in [1.807, 2.05) is 0 Å². The third kappa shape index (κ3) is 9.18. The maximum Gasteiger partial charge on any atom is 0.220 e. The summed E-state index contributed by atoms with van der Waals surface area (Å²) in [7, 11) is 0. The Balaban J connectivity index is 3.30. The Kier molecular flexibility index (Phi) is 9.26. The highest BCUT2D eigenvalue weighted by atomic mass is 16.2. The predicted octanol–water partition coefficient (Wildman–Crippen LogP) is 0.388. The second-order valence-corrected chi connectivity index (χ2v) is 3.55. The Bertz CT molecular complexity index is 229. The molecule has 0 rings (SSSR count). The van der Waals surface area contributed by atoms with Gasteiger partial charge in [-0.25, -0.2) is 0 Å². The fraction of sp³-hybridized carbons (Fsp3) is 0.727. The first-order chi connectivity index (χ1) is 7.70. The van der Waals surface area contributed by atoms with E-state index in [0.717, 1.165) is 19.3 Å². The van der Waals surface area contributed by atoms with Gasteiger partial charge < -0.3 is 10.6 Å². The molecular weight excluding hydrogens is 208 g/mol. The summed E-state index contributed by atoms with van der Waals surface area (Å²) < 4.78 is 0. The van der Waals surface area contributed by atoms with Crippen molar-refractivity contribution in [3.05, 3.63) is 0 Å². The van der Waals surface area contributed by atoms with Gasteiger partial charge in [-0.3, -0.25) is 14.4 Å².